The number of benzene rings is 1. The van der Waals surface area contributed by atoms with Gasteiger partial charge in [-0.2, -0.15) is 0 Å². The largest absolute Gasteiger partial charge is 0.391 e. The number of rotatable bonds is 4. The number of hydrogen-bond donors (Lipinski definition) is 3. The minimum Gasteiger partial charge on any atom is -0.391 e. The lowest BCUT2D eigenvalue weighted by atomic mass is 10.1. The van der Waals surface area contributed by atoms with Crippen LogP contribution in [0.1, 0.15) is 18.9 Å². The van der Waals surface area contributed by atoms with E-state index in [9.17, 15) is 14.7 Å². The van der Waals surface area contributed by atoms with Crippen LogP contribution in [0.15, 0.2) is 30.5 Å². The summed E-state index contributed by atoms with van der Waals surface area (Å²) in [7, 11) is 0. The van der Waals surface area contributed by atoms with Crippen LogP contribution < -0.4 is 5.32 Å². The van der Waals surface area contributed by atoms with Crippen molar-refractivity contribution in [3.63, 3.8) is 0 Å². The predicted octanol–water partition coefficient (Wildman–Crippen LogP) is 0.808. The number of carbonyl (C=O) groups is 2. The number of aromatic nitrogens is 1. The number of nitrogens with zero attached hydrogens (tertiary/aromatic N) is 1. The van der Waals surface area contributed by atoms with Crippen LogP contribution in [0, 0.1) is 0 Å². The third-order valence-corrected chi connectivity index (χ3v) is 4.36. The third-order valence-electron chi connectivity index (χ3n) is 4.36. The van der Waals surface area contributed by atoms with Crippen molar-refractivity contribution < 1.29 is 14.7 Å². The van der Waals surface area contributed by atoms with E-state index in [2.05, 4.69) is 10.3 Å². The number of hydrogen-bond acceptors (Lipinski definition) is 3. The molecule has 2 atom stereocenters. The second-order valence-corrected chi connectivity index (χ2v) is 5.97. The number of likely N-dealkylation sites (tertiary alicyclic amines) is 1. The van der Waals surface area contributed by atoms with Gasteiger partial charge in [0.2, 0.25) is 11.8 Å². The van der Waals surface area contributed by atoms with Gasteiger partial charge in [0.05, 0.1) is 6.10 Å². The van der Waals surface area contributed by atoms with E-state index < -0.39 is 12.1 Å². The number of nitrogens with one attached hydrogen (secondary N) is 2. The highest BCUT2D eigenvalue weighted by molar-refractivity contribution is 5.87. The van der Waals surface area contributed by atoms with Crippen LogP contribution in [0.5, 0.6) is 0 Å². The van der Waals surface area contributed by atoms with Crippen LogP contribution in [0.4, 0.5) is 0 Å². The Bertz CT molecular complexity index is 725. The van der Waals surface area contributed by atoms with Crippen LogP contribution in [-0.2, 0) is 16.0 Å². The molecule has 0 bridgehead atoms. The van der Waals surface area contributed by atoms with Gasteiger partial charge in [0, 0.05) is 43.5 Å². The van der Waals surface area contributed by atoms with E-state index in [1.165, 1.54) is 17.4 Å². The fourth-order valence-corrected chi connectivity index (χ4v) is 3.22. The molecule has 0 saturated carbocycles. The average Bonchev–Trinajstić information content (AvgIpc) is 3.13. The van der Waals surface area contributed by atoms with Crippen LogP contribution >= 0.6 is 0 Å². The Morgan fingerprint density at radius 3 is 3.00 bits per heavy atom. The van der Waals surface area contributed by atoms with Crippen molar-refractivity contribution in [2.75, 3.05) is 13.1 Å². The lowest BCUT2D eigenvalue weighted by molar-refractivity contribution is -0.136. The Labute approximate surface area is 134 Å². The van der Waals surface area contributed by atoms with Gasteiger partial charge in [-0.05, 0) is 24.1 Å². The molecule has 0 radical (unpaired) electrons. The van der Waals surface area contributed by atoms with E-state index in [4.69, 9.17) is 0 Å². The first-order valence-electron chi connectivity index (χ1n) is 7.84. The van der Waals surface area contributed by atoms with Crippen molar-refractivity contribution in [1.82, 2.24) is 15.2 Å². The quantitative estimate of drug-likeness (QED) is 0.780. The minimum absolute atomic E-state index is 0.182. The molecule has 23 heavy (non-hydrogen) atoms. The van der Waals surface area contributed by atoms with E-state index in [-0.39, 0.29) is 18.4 Å². The summed E-state index contributed by atoms with van der Waals surface area (Å²) in [4.78, 5) is 28.4. The molecule has 1 aromatic heterocycles. The highest BCUT2D eigenvalue weighted by Gasteiger charge is 2.37. The average molecular weight is 315 g/mol. The zero-order valence-electron chi connectivity index (χ0n) is 13.1. The summed E-state index contributed by atoms with van der Waals surface area (Å²) in [5.74, 6) is -0.378. The van der Waals surface area contributed by atoms with E-state index in [1.807, 2.05) is 30.5 Å². The topological polar surface area (TPSA) is 85.4 Å². The molecule has 6 nitrogen and oxygen atoms in total. The van der Waals surface area contributed by atoms with Crippen LogP contribution in [0.2, 0.25) is 0 Å². The fourth-order valence-electron chi connectivity index (χ4n) is 3.22. The highest BCUT2D eigenvalue weighted by Crippen LogP contribution is 2.19. The van der Waals surface area contributed by atoms with Gasteiger partial charge in [-0.1, -0.05) is 12.1 Å². The van der Waals surface area contributed by atoms with Gasteiger partial charge >= 0.3 is 0 Å². The van der Waals surface area contributed by atoms with Crippen molar-refractivity contribution in [1.29, 1.82) is 0 Å². The Morgan fingerprint density at radius 2 is 2.22 bits per heavy atom. The number of carbonyl (C=O) groups excluding carboxylic acids is 2. The summed E-state index contributed by atoms with van der Waals surface area (Å²) in [5, 5.41) is 13.7. The molecule has 122 valence electrons. The zero-order chi connectivity index (χ0) is 16.4. The SMILES string of the molecule is CC(=O)N1C[C@H](O)C[C@@H]1C(=O)NCCc1cccc2[nH]ccc12. The van der Waals surface area contributed by atoms with E-state index in [0.717, 1.165) is 17.3 Å². The first-order chi connectivity index (χ1) is 11.1. The molecule has 0 unspecified atom stereocenters. The Morgan fingerprint density at radius 1 is 1.39 bits per heavy atom. The summed E-state index contributed by atoms with van der Waals surface area (Å²) in [6.07, 6.45) is 2.30. The predicted molar refractivity (Wildman–Crippen MR) is 86.8 cm³/mol. The van der Waals surface area contributed by atoms with Gasteiger partial charge < -0.3 is 20.3 Å². The first kappa shape index (κ1) is 15.6. The molecule has 3 N–H and O–H groups in total. The first-order valence-corrected chi connectivity index (χ1v) is 7.84. The number of amides is 2. The number of β-amino-alcohol motifs (C(OH)–C–C–N with tert-alkyl or cyclic N) is 1. The lowest BCUT2D eigenvalue weighted by Gasteiger charge is -2.22. The molecular formula is C17H21N3O3. The molecule has 3 rings (SSSR count). The molecule has 0 aliphatic carbocycles. The molecule has 2 heterocycles. The van der Waals surface area contributed by atoms with E-state index in [1.54, 1.807) is 0 Å². The van der Waals surface area contributed by atoms with Crippen molar-refractivity contribution in [3.05, 3.63) is 36.0 Å². The monoisotopic (exact) mass is 315 g/mol. The van der Waals surface area contributed by atoms with Gasteiger partial charge in [-0.3, -0.25) is 9.59 Å². The lowest BCUT2D eigenvalue weighted by Crippen LogP contribution is -2.45. The summed E-state index contributed by atoms with van der Waals surface area (Å²) in [6.45, 7) is 2.16. The smallest absolute Gasteiger partial charge is 0.242 e. The molecule has 0 spiro atoms. The molecule has 1 saturated heterocycles. The molecule has 1 aromatic carbocycles. The van der Waals surface area contributed by atoms with Crippen molar-refractivity contribution >= 4 is 22.7 Å². The molecular weight excluding hydrogens is 294 g/mol. The molecule has 2 amide bonds. The standard InChI is InChI=1S/C17H21N3O3/c1-11(21)20-10-13(22)9-16(20)17(23)19-7-5-12-3-2-4-15-14(12)6-8-18-15/h2-4,6,8,13,16,18,22H,5,7,9-10H2,1H3,(H,19,23)/t13-,16-/m1/s1. The third kappa shape index (κ3) is 3.22. The van der Waals surface area contributed by atoms with Crippen molar-refractivity contribution in [2.24, 2.45) is 0 Å². The highest BCUT2D eigenvalue weighted by atomic mass is 16.3. The van der Waals surface area contributed by atoms with Crippen LogP contribution in [0.3, 0.4) is 0 Å². The van der Waals surface area contributed by atoms with Crippen molar-refractivity contribution in [3.8, 4) is 0 Å². The minimum atomic E-state index is -0.622. The summed E-state index contributed by atoms with van der Waals surface area (Å²) >= 11 is 0. The van der Waals surface area contributed by atoms with Crippen LogP contribution in [0.25, 0.3) is 10.9 Å². The molecule has 2 aromatic rings. The normalized spacial score (nSPS) is 20.9. The summed E-state index contributed by atoms with van der Waals surface area (Å²) in [5.41, 5.74) is 2.24. The van der Waals surface area contributed by atoms with Gasteiger partial charge in [0.15, 0.2) is 0 Å². The van der Waals surface area contributed by atoms with Crippen LogP contribution in [-0.4, -0.2) is 52.0 Å². The van der Waals surface area contributed by atoms with E-state index >= 15 is 0 Å². The molecule has 6 heteroatoms. The maximum Gasteiger partial charge on any atom is 0.242 e. The second kappa shape index (κ2) is 6.42. The van der Waals surface area contributed by atoms with Gasteiger partial charge in [-0.25, -0.2) is 0 Å². The summed E-state index contributed by atoms with van der Waals surface area (Å²) in [6, 6.07) is 7.51. The maximum atomic E-state index is 12.3. The molecule has 1 aliphatic rings. The number of aromatic amines is 1. The Hall–Kier alpha value is -2.34. The second-order valence-electron chi connectivity index (χ2n) is 5.97. The Kier molecular flexibility index (Phi) is 4.34. The number of fused-ring (bicyclic) bond motifs is 1. The number of aliphatic hydroxyl groups excluding tert-OH is 1. The number of aliphatic hydroxyl groups is 1. The van der Waals surface area contributed by atoms with Gasteiger partial charge in [-0.15, -0.1) is 0 Å². The van der Waals surface area contributed by atoms with Gasteiger partial charge in [0.25, 0.3) is 0 Å². The fraction of sp³-hybridized carbons (Fsp3) is 0.412. The van der Waals surface area contributed by atoms with Gasteiger partial charge in [0.1, 0.15) is 6.04 Å². The van der Waals surface area contributed by atoms with Crippen molar-refractivity contribution in [2.45, 2.75) is 31.9 Å². The zero-order valence-corrected chi connectivity index (χ0v) is 13.1. The molecule has 1 aliphatic heterocycles. The maximum absolute atomic E-state index is 12.3. The Balaban J connectivity index is 1.59. The number of H-pyrrole nitrogens is 1. The van der Waals surface area contributed by atoms with E-state index in [0.29, 0.717) is 13.0 Å². The molecule has 1 fully saturated rings. The summed E-state index contributed by atoms with van der Waals surface area (Å²) < 4.78 is 0.